The lowest BCUT2D eigenvalue weighted by atomic mass is 9.90. The molecule has 4 rings (SSSR count). The van der Waals surface area contributed by atoms with E-state index in [2.05, 4.69) is 66.6 Å². The van der Waals surface area contributed by atoms with Crippen molar-refractivity contribution in [1.29, 1.82) is 0 Å². The number of hydrogen-bond acceptors (Lipinski definition) is 1. The van der Waals surface area contributed by atoms with Gasteiger partial charge in [0.1, 0.15) is 0 Å². The fraction of sp³-hybridized carbons (Fsp3) is 0.364. The second kappa shape index (κ2) is 6.33. The molecule has 1 heterocycles. The Balaban J connectivity index is 1.86. The molecule has 0 spiro atoms. The largest absolute Gasteiger partial charge is 0.300 e. The molecule has 1 saturated heterocycles. The molecule has 0 bridgehead atoms. The Hall–Kier alpha value is -1.86. The minimum Gasteiger partial charge on any atom is -0.300 e. The van der Waals surface area contributed by atoms with Crippen molar-refractivity contribution in [3.8, 4) is 0 Å². The highest BCUT2D eigenvalue weighted by Gasteiger charge is 2.22. The Morgan fingerprint density at radius 1 is 0.870 bits per heavy atom. The second-order valence-corrected chi connectivity index (χ2v) is 6.94. The van der Waals surface area contributed by atoms with Gasteiger partial charge in [-0.3, -0.25) is 4.90 Å². The summed E-state index contributed by atoms with van der Waals surface area (Å²) in [7, 11) is 2.27. The standard InChI is InChI=1S/C22H25N/c1-23-15-7-6-10-19(23)16-22-20-11-4-2-8-17(20)13-14-18-9-3-5-12-21(18)22/h2-5,8-9,11-12,16,19H,6-7,10,13-15H2,1H3. The summed E-state index contributed by atoms with van der Waals surface area (Å²) in [6.45, 7) is 1.22. The summed E-state index contributed by atoms with van der Waals surface area (Å²) >= 11 is 0. The number of benzene rings is 2. The monoisotopic (exact) mass is 303 g/mol. The van der Waals surface area contributed by atoms with E-state index in [0.717, 1.165) is 12.8 Å². The van der Waals surface area contributed by atoms with Crippen LogP contribution in [0.4, 0.5) is 0 Å². The average molecular weight is 303 g/mol. The quantitative estimate of drug-likeness (QED) is 0.738. The number of rotatable bonds is 1. The van der Waals surface area contributed by atoms with Gasteiger partial charge in [0.15, 0.2) is 0 Å². The molecular formula is C22H25N. The third-order valence-corrected chi connectivity index (χ3v) is 5.46. The molecule has 2 aromatic rings. The van der Waals surface area contributed by atoms with Crippen molar-refractivity contribution >= 4 is 5.57 Å². The van der Waals surface area contributed by atoms with Crippen LogP contribution in [0, 0.1) is 0 Å². The van der Waals surface area contributed by atoms with Gasteiger partial charge in [-0.15, -0.1) is 0 Å². The molecule has 0 saturated carbocycles. The zero-order valence-corrected chi connectivity index (χ0v) is 14.0. The van der Waals surface area contributed by atoms with Crippen LogP contribution in [0.1, 0.15) is 41.5 Å². The number of aryl methyl sites for hydroxylation is 2. The minimum atomic E-state index is 0.568. The smallest absolute Gasteiger partial charge is 0.0284 e. The predicted octanol–water partition coefficient (Wildman–Crippen LogP) is 4.70. The summed E-state index contributed by atoms with van der Waals surface area (Å²) in [6.07, 6.45) is 8.80. The molecule has 23 heavy (non-hydrogen) atoms. The molecule has 1 atom stereocenters. The van der Waals surface area contributed by atoms with E-state index in [1.165, 1.54) is 53.6 Å². The van der Waals surface area contributed by atoms with Crippen molar-refractivity contribution in [2.24, 2.45) is 0 Å². The molecule has 1 nitrogen and oxygen atoms in total. The first-order valence-electron chi connectivity index (χ1n) is 8.91. The van der Waals surface area contributed by atoms with E-state index >= 15 is 0 Å². The number of nitrogens with zero attached hydrogens (tertiary/aromatic N) is 1. The topological polar surface area (TPSA) is 3.24 Å². The molecule has 1 unspecified atom stereocenters. The lowest BCUT2D eigenvalue weighted by Gasteiger charge is -2.31. The summed E-state index contributed by atoms with van der Waals surface area (Å²) in [4.78, 5) is 2.52. The van der Waals surface area contributed by atoms with Crippen molar-refractivity contribution in [2.75, 3.05) is 13.6 Å². The van der Waals surface area contributed by atoms with E-state index in [9.17, 15) is 0 Å². The van der Waals surface area contributed by atoms with Gasteiger partial charge in [0.05, 0.1) is 0 Å². The van der Waals surface area contributed by atoms with Crippen LogP contribution in [0.25, 0.3) is 5.57 Å². The molecule has 118 valence electrons. The van der Waals surface area contributed by atoms with Gasteiger partial charge in [-0.25, -0.2) is 0 Å². The van der Waals surface area contributed by atoms with E-state index < -0.39 is 0 Å². The fourth-order valence-electron chi connectivity index (χ4n) is 4.10. The normalized spacial score (nSPS) is 21.3. The number of likely N-dealkylation sites (N-methyl/N-ethyl adjacent to an activating group) is 1. The molecule has 0 amide bonds. The van der Waals surface area contributed by atoms with Gasteiger partial charge in [-0.2, -0.15) is 0 Å². The third kappa shape index (κ3) is 2.86. The SMILES string of the molecule is CN1CCCCC1C=C1c2ccccc2CCc2ccccc21. The summed E-state index contributed by atoms with van der Waals surface area (Å²) < 4.78 is 0. The molecule has 1 aliphatic carbocycles. The van der Waals surface area contributed by atoms with E-state index in [0.29, 0.717) is 6.04 Å². The van der Waals surface area contributed by atoms with Crippen LogP contribution in [-0.2, 0) is 12.8 Å². The van der Waals surface area contributed by atoms with Crippen LogP contribution in [0.2, 0.25) is 0 Å². The van der Waals surface area contributed by atoms with Gasteiger partial charge in [0, 0.05) is 6.04 Å². The van der Waals surface area contributed by atoms with Crippen molar-refractivity contribution in [1.82, 2.24) is 4.90 Å². The van der Waals surface area contributed by atoms with Crippen molar-refractivity contribution in [3.63, 3.8) is 0 Å². The van der Waals surface area contributed by atoms with E-state index in [1.807, 2.05) is 0 Å². The molecule has 2 aliphatic rings. The predicted molar refractivity (Wildman–Crippen MR) is 97.6 cm³/mol. The van der Waals surface area contributed by atoms with Gasteiger partial charge in [0.25, 0.3) is 0 Å². The Kier molecular flexibility index (Phi) is 4.05. The molecule has 2 aromatic carbocycles. The van der Waals surface area contributed by atoms with Crippen molar-refractivity contribution in [3.05, 3.63) is 76.9 Å². The maximum atomic E-state index is 2.54. The molecule has 0 N–H and O–H groups in total. The van der Waals surface area contributed by atoms with Gasteiger partial charge in [0.2, 0.25) is 0 Å². The Bertz CT molecular complexity index is 679. The molecule has 1 aliphatic heterocycles. The second-order valence-electron chi connectivity index (χ2n) is 6.94. The number of fused-ring (bicyclic) bond motifs is 2. The van der Waals surface area contributed by atoms with Gasteiger partial charge >= 0.3 is 0 Å². The third-order valence-electron chi connectivity index (χ3n) is 5.46. The number of likely N-dealkylation sites (tertiary alicyclic amines) is 1. The van der Waals surface area contributed by atoms with E-state index in [4.69, 9.17) is 0 Å². The zero-order valence-electron chi connectivity index (χ0n) is 14.0. The Labute approximate surface area is 139 Å². The van der Waals surface area contributed by atoms with Crippen molar-refractivity contribution < 1.29 is 0 Å². The Morgan fingerprint density at radius 3 is 2.09 bits per heavy atom. The van der Waals surface area contributed by atoms with Crippen LogP contribution in [0.3, 0.4) is 0 Å². The molecule has 1 fully saturated rings. The summed E-state index contributed by atoms with van der Waals surface area (Å²) in [5.74, 6) is 0. The van der Waals surface area contributed by atoms with E-state index in [1.54, 1.807) is 0 Å². The zero-order chi connectivity index (χ0) is 15.6. The average Bonchev–Trinajstić information content (AvgIpc) is 2.75. The van der Waals surface area contributed by atoms with Gasteiger partial charge < -0.3 is 0 Å². The molecule has 0 radical (unpaired) electrons. The van der Waals surface area contributed by atoms with Crippen molar-refractivity contribution in [2.45, 2.75) is 38.1 Å². The first-order valence-corrected chi connectivity index (χ1v) is 8.91. The van der Waals surface area contributed by atoms with Gasteiger partial charge in [-0.05, 0) is 67.1 Å². The van der Waals surface area contributed by atoms with Gasteiger partial charge in [-0.1, -0.05) is 61.0 Å². The highest BCUT2D eigenvalue weighted by Crippen LogP contribution is 2.34. The lowest BCUT2D eigenvalue weighted by Crippen LogP contribution is -2.34. The summed E-state index contributed by atoms with van der Waals surface area (Å²) in [6, 6.07) is 18.5. The molecular weight excluding hydrogens is 278 g/mol. The van der Waals surface area contributed by atoms with Crippen LogP contribution in [0.5, 0.6) is 0 Å². The first-order chi connectivity index (χ1) is 11.3. The Morgan fingerprint density at radius 2 is 1.48 bits per heavy atom. The first kappa shape index (κ1) is 14.7. The fourth-order valence-corrected chi connectivity index (χ4v) is 4.10. The highest BCUT2D eigenvalue weighted by molar-refractivity contribution is 5.84. The summed E-state index contributed by atoms with van der Waals surface area (Å²) in [5, 5.41) is 0. The molecule has 0 aromatic heterocycles. The van der Waals surface area contributed by atoms with Crippen LogP contribution >= 0.6 is 0 Å². The maximum absolute atomic E-state index is 2.54. The van der Waals surface area contributed by atoms with Crippen LogP contribution in [0.15, 0.2) is 54.6 Å². The number of hydrogen-bond donors (Lipinski definition) is 0. The maximum Gasteiger partial charge on any atom is 0.0284 e. The highest BCUT2D eigenvalue weighted by atomic mass is 15.1. The van der Waals surface area contributed by atoms with Crippen LogP contribution < -0.4 is 0 Å². The van der Waals surface area contributed by atoms with E-state index in [-0.39, 0.29) is 0 Å². The number of piperidine rings is 1. The minimum absolute atomic E-state index is 0.568. The molecule has 1 heteroatoms. The van der Waals surface area contributed by atoms with Crippen LogP contribution in [-0.4, -0.2) is 24.5 Å². The lowest BCUT2D eigenvalue weighted by molar-refractivity contribution is 0.222. The summed E-state index contributed by atoms with van der Waals surface area (Å²) in [5.41, 5.74) is 7.32.